The smallest absolute Gasteiger partial charge is 0.330 e. The number of carbonyl (C=O) groups is 1. The molecule has 1 aromatic heterocycles. The number of hydrogen-bond acceptors (Lipinski definition) is 6. The zero-order valence-electron chi connectivity index (χ0n) is 11.0. The molecule has 1 fully saturated rings. The Bertz CT molecular complexity index is 566. The summed E-state index contributed by atoms with van der Waals surface area (Å²) < 4.78 is 17.1. The van der Waals surface area contributed by atoms with Crippen molar-refractivity contribution in [3.8, 4) is 0 Å². The van der Waals surface area contributed by atoms with Crippen molar-refractivity contribution >= 4 is 6.29 Å². The minimum atomic E-state index is -0.744. The van der Waals surface area contributed by atoms with Crippen LogP contribution >= 0.6 is 0 Å². The molecule has 0 aromatic carbocycles. The maximum atomic E-state index is 11.8. The second-order valence-electron chi connectivity index (χ2n) is 4.36. The minimum absolute atomic E-state index is 0.324. The van der Waals surface area contributed by atoms with Gasteiger partial charge in [-0.1, -0.05) is 0 Å². The van der Waals surface area contributed by atoms with Gasteiger partial charge in [-0.15, -0.1) is 0 Å². The third kappa shape index (κ3) is 3.21. The summed E-state index contributed by atoms with van der Waals surface area (Å²) in [7, 11) is 1.55. The number of rotatable bonds is 6. The van der Waals surface area contributed by atoms with Gasteiger partial charge in [0.25, 0.3) is 5.56 Å². The number of H-pyrrole nitrogens is 1. The van der Waals surface area contributed by atoms with Gasteiger partial charge in [-0.05, 0) is 0 Å². The van der Waals surface area contributed by atoms with Crippen LogP contribution in [0.25, 0.3) is 0 Å². The summed E-state index contributed by atoms with van der Waals surface area (Å²) in [6.07, 6.45) is 0.514. The molecular formula is C12H16N2O6. The van der Waals surface area contributed by atoms with Crippen molar-refractivity contribution in [2.24, 2.45) is 0 Å². The SMILES string of the molecule is COCCO[C@@H]1C[C@@H](C=O)O[C@H]1n1ccc(=O)[nH]c1=O. The summed E-state index contributed by atoms with van der Waals surface area (Å²) in [6, 6.07) is 1.21. The fourth-order valence-electron chi connectivity index (χ4n) is 2.06. The Labute approximate surface area is 114 Å². The zero-order chi connectivity index (χ0) is 14.5. The molecule has 1 aliphatic rings. The van der Waals surface area contributed by atoms with Gasteiger partial charge in [0.1, 0.15) is 18.5 Å². The molecule has 0 spiro atoms. The summed E-state index contributed by atoms with van der Waals surface area (Å²) in [5, 5.41) is 0. The normalized spacial score (nSPS) is 25.8. The van der Waals surface area contributed by atoms with Gasteiger partial charge in [0.15, 0.2) is 6.23 Å². The highest BCUT2D eigenvalue weighted by atomic mass is 16.6. The first-order valence-corrected chi connectivity index (χ1v) is 6.18. The molecule has 1 aliphatic heterocycles. The Hall–Kier alpha value is -1.77. The Kier molecular flexibility index (Phi) is 4.83. The molecule has 0 amide bonds. The third-order valence-electron chi connectivity index (χ3n) is 2.99. The van der Waals surface area contributed by atoms with E-state index in [9.17, 15) is 14.4 Å². The molecule has 2 rings (SSSR count). The van der Waals surface area contributed by atoms with Crippen LogP contribution in [-0.4, -0.2) is 48.4 Å². The third-order valence-corrected chi connectivity index (χ3v) is 2.99. The van der Waals surface area contributed by atoms with E-state index in [1.165, 1.54) is 16.8 Å². The molecule has 0 saturated carbocycles. The van der Waals surface area contributed by atoms with Crippen LogP contribution in [-0.2, 0) is 19.0 Å². The number of aldehydes is 1. The van der Waals surface area contributed by atoms with Crippen LogP contribution in [0.5, 0.6) is 0 Å². The quantitative estimate of drug-likeness (QED) is 0.534. The van der Waals surface area contributed by atoms with E-state index in [-0.39, 0.29) is 0 Å². The maximum absolute atomic E-state index is 11.8. The van der Waals surface area contributed by atoms with Crippen molar-refractivity contribution in [1.82, 2.24) is 9.55 Å². The van der Waals surface area contributed by atoms with E-state index < -0.39 is 29.7 Å². The molecule has 0 unspecified atom stereocenters. The first-order chi connectivity index (χ1) is 9.65. The first-order valence-electron chi connectivity index (χ1n) is 6.18. The summed E-state index contributed by atoms with van der Waals surface area (Å²) >= 11 is 0. The number of hydrogen-bond donors (Lipinski definition) is 1. The summed E-state index contributed by atoms with van der Waals surface area (Å²) in [4.78, 5) is 35.8. The number of methoxy groups -OCH3 is 1. The predicted octanol–water partition coefficient (Wildman–Crippen LogP) is -0.945. The lowest BCUT2D eigenvalue weighted by Gasteiger charge is -2.20. The topological polar surface area (TPSA) is 99.6 Å². The van der Waals surface area contributed by atoms with Crippen molar-refractivity contribution in [1.29, 1.82) is 0 Å². The van der Waals surface area contributed by atoms with Crippen LogP contribution in [0, 0.1) is 0 Å². The first kappa shape index (κ1) is 14.6. The average molecular weight is 284 g/mol. The molecule has 110 valence electrons. The van der Waals surface area contributed by atoms with Crippen molar-refractivity contribution in [3.63, 3.8) is 0 Å². The van der Waals surface area contributed by atoms with Crippen LogP contribution in [0.15, 0.2) is 21.9 Å². The van der Waals surface area contributed by atoms with Gasteiger partial charge in [-0.3, -0.25) is 14.3 Å². The number of nitrogens with one attached hydrogen (secondary N) is 1. The van der Waals surface area contributed by atoms with Crippen LogP contribution in [0.2, 0.25) is 0 Å². The molecule has 0 bridgehead atoms. The summed E-state index contributed by atoms with van der Waals surface area (Å²) in [5.41, 5.74) is -1.09. The monoisotopic (exact) mass is 284 g/mol. The fourth-order valence-corrected chi connectivity index (χ4v) is 2.06. The Balaban J connectivity index is 2.19. The molecular weight excluding hydrogens is 268 g/mol. The highest BCUT2D eigenvalue weighted by Gasteiger charge is 2.37. The largest absolute Gasteiger partial charge is 0.382 e. The Morgan fingerprint density at radius 2 is 2.30 bits per heavy atom. The van der Waals surface area contributed by atoms with Gasteiger partial charge in [0, 0.05) is 25.8 Å². The second kappa shape index (κ2) is 6.60. The Morgan fingerprint density at radius 3 is 2.95 bits per heavy atom. The molecule has 3 atom stereocenters. The summed E-state index contributed by atoms with van der Waals surface area (Å²) in [5.74, 6) is 0. The van der Waals surface area contributed by atoms with Crippen molar-refractivity contribution < 1.29 is 19.0 Å². The molecule has 1 saturated heterocycles. The maximum Gasteiger partial charge on any atom is 0.330 e. The molecule has 20 heavy (non-hydrogen) atoms. The molecule has 0 radical (unpaired) electrons. The van der Waals surface area contributed by atoms with E-state index in [2.05, 4.69) is 4.98 Å². The van der Waals surface area contributed by atoms with Crippen molar-refractivity contribution in [2.45, 2.75) is 24.9 Å². The van der Waals surface area contributed by atoms with E-state index in [0.29, 0.717) is 25.9 Å². The van der Waals surface area contributed by atoms with Gasteiger partial charge >= 0.3 is 5.69 Å². The average Bonchev–Trinajstić information content (AvgIpc) is 2.82. The molecule has 1 aromatic rings. The molecule has 0 aliphatic carbocycles. The van der Waals surface area contributed by atoms with E-state index in [4.69, 9.17) is 14.2 Å². The molecule has 8 heteroatoms. The number of carbonyl (C=O) groups excluding carboxylic acids is 1. The molecule has 2 heterocycles. The van der Waals surface area contributed by atoms with E-state index in [0.717, 1.165) is 0 Å². The lowest BCUT2D eigenvalue weighted by Crippen LogP contribution is -2.36. The molecule has 8 nitrogen and oxygen atoms in total. The highest BCUT2D eigenvalue weighted by Crippen LogP contribution is 2.29. The predicted molar refractivity (Wildman–Crippen MR) is 67.5 cm³/mol. The van der Waals surface area contributed by atoms with Crippen molar-refractivity contribution in [3.05, 3.63) is 33.1 Å². The number of aromatic nitrogens is 2. The standard InChI is InChI=1S/C12H16N2O6/c1-18-4-5-19-9-6-8(7-15)20-11(9)14-3-2-10(16)13-12(14)17/h2-3,7-9,11H,4-6H2,1H3,(H,13,16,17)/t8-,9+,11+/m0/s1. The lowest BCUT2D eigenvalue weighted by atomic mass is 10.2. The lowest BCUT2D eigenvalue weighted by molar-refractivity contribution is -0.121. The van der Waals surface area contributed by atoms with Gasteiger partial charge in [0.2, 0.25) is 0 Å². The van der Waals surface area contributed by atoms with Crippen LogP contribution in [0.4, 0.5) is 0 Å². The van der Waals surface area contributed by atoms with Crippen LogP contribution in [0.3, 0.4) is 0 Å². The van der Waals surface area contributed by atoms with Gasteiger partial charge in [0.05, 0.1) is 13.2 Å². The number of ether oxygens (including phenoxy) is 3. The fraction of sp³-hybridized carbons (Fsp3) is 0.583. The highest BCUT2D eigenvalue weighted by molar-refractivity contribution is 5.56. The second-order valence-corrected chi connectivity index (χ2v) is 4.36. The zero-order valence-corrected chi connectivity index (χ0v) is 11.0. The van der Waals surface area contributed by atoms with Crippen molar-refractivity contribution in [2.75, 3.05) is 20.3 Å². The summed E-state index contributed by atoms with van der Waals surface area (Å²) in [6.45, 7) is 0.722. The van der Waals surface area contributed by atoms with Gasteiger partial charge in [-0.2, -0.15) is 0 Å². The van der Waals surface area contributed by atoms with Crippen LogP contribution in [0.1, 0.15) is 12.6 Å². The number of aromatic amines is 1. The van der Waals surface area contributed by atoms with E-state index >= 15 is 0 Å². The van der Waals surface area contributed by atoms with Crippen LogP contribution < -0.4 is 11.2 Å². The molecule has 1 N–H and O–H groups in total. The minimum Gasteiger partial charge on any atom is -0.382 e. The van der Waals surface area contributed by atoms with Gasteiger partial charge < -0.3 is 19.0 Å². The van der Waals surface area contributed by atoms with E-state index in [1.807, 2.05) is 0 Å². The Morgan fingerprint density at radius 1 is 1.50 bits per heavy atom. The van der Waals surface area contributed by atoms with Gasteiger partial charge in [-0.25, -0.2) is 4.79 Å². The number of nitrogens with zero attached hydrogens (tertiary/aromatic N) is 1. The van der Waals surface area contributed by atoms with E-state index in [1.54, 1.807) is 7.11 Å².